The van der Waals surface area contributed by atoms with Crippen molar-refractivity contribution in [3.05, 3.63) is 78.1 Å². The number of rotatable bonds is 6. The Morgan fingerprint density at radius 2 is 1.91 bits per heavy atom. The number of anilines is 3. The van der Waals surface area contributed by atoms with Gasteiger partial charge in [-0.2, -0.15) is 4.98 Å². The van der Waals surface area contributed by atoms with Crippen molar-refractivity contribution in [3.8, 4) is 5.82 Å². The maximum absolute atomic E-state index is 11.0. The fourth-order valence-electron chi connectivity index (χ4n) is 4.13. The zero-order valence-corrected chi connectivity index (χ0v) is 18.9. The number of ether oxygens (including phenoxy) is 1. The average molecular weight is 455 g/mol. The van der Waals surface area contributed by atoms with Gasteiger partial charge in [0.1, 0.15) is 5.82 Å². The summed E-state index contributed by atoms with van der Waals surface area (Å²) < 4.78 is 7.48. The van der Waals surface area contributed by atoms with Gasteiger partial charge in [-0.3, -0.25) is 4.79 Å². The van der Waals surface area contributed by atoms with E-state index >= 15 is 0 Å². The third kappa shape index (κ3) is 4.62. The zero-order chi connectivity index (χ0) is 23.5. The Kier molecular flexibility index (Phi) is 5.97. The normalized spacial score (nSPS) is 14.1. The average Bonchev–Trinajstić information content (AvgIpc) is 3.20. The number of carbonyl (C=O) groups is 1. The summed E-state index contributed by atoms with van der Waals surface area (Å²) in [5, 5.41) is 4.39. The van der Waals surface area contributed by atoms with Crippen molar-refractivity contribution in [2.45, 2.75) is 6.92 Å². The van der Waals surface area contributed by atoms with Crippen molar-refractivity contribution in [2.24, 2.45) is 5.73 Å². The Morgan fingerprint density at radius 1 is 1.12 bits per heavy atom. The summed E-state index contributed by atoms with van der Waals surface area (Å²) in [5.74, 6) is 0.823. The monoisotopic (exact) mass is 454 g/mol. The Bertz CT molecular complexity index is 1350. The lowest BCUT2D eigenvalue weighted by molar-refractivity contribution is -0.113. The quantitative estimate of drug-likeness (QED) is 0.430. The van der Waals surface area contributed by atoms with Gasteiger partial charge in [0.15, 0.2) is 0 Å². The molecule has 0 unspecified atom stereocenters. The molecule has 2 aromatic heterocycles. The van der Waals surface area contributed by atoms with Crippen LogP contribution in [0.5, 0.6) is 0 Å². The molecule has 0 aliphatic carbocycles. The molecule has 0 spiro atoms. The van der Waals surface area contributed by atoms with Gasteiger partial charge in [0.2, 0.25) is 11.9 Å². The van der Waals surface area contributed by atoms with E-state index in [0.717, 1.165) is 59.8 Å². The minimum atomic E-state index is -0.467. The van der Waals surface area contributed by atoms with Crippen LogP contribution in [0.15, 0.2) is 67.0 Å². The number of primary amides is 1. The predicted molar refractivity (Wildman–Crippen MR) is 135 cm³/mol. The Labute approximate surface area is 197 Å². The molecule has 4 aromatic rings. The number of fused-ring (bicyclic) bond motifs is 1. The number of benzene rings is 2. The lowest BCUT2D eigenvalue weighted by Crippen LogP contribution is -2.36. The van der Waals surface area contributed by atoms with Crippen LogP contribution in [0.3, 0.4) is 0 Å². The van der Waals surface area contributed by atoms with E-state index in [0.29, 0.717) is 5.95 Å². The fourth-order valence-corrected chi connectivity index (χ4v) is 4.13. The van der Waals surface area contributed by atoms with Gasteiger partial charge in [0.05, 0.1) is 18.7 Å². The van der Waals surface area contributed by atoms with Crippen LogP contribution < -0.4 is 16.0 Å². The molecule has 34 heavy (non-hydrogen) atoms. The fraction of sp³-hybridized carbons (Fsp3) is 0.192. The largest absolute Gasteiger partial charge is 0.378 e. The highest BCUT2D eigenvalue weighted by atomic mass is 16.5. The Balaban J connectivity index is 1.38. The minimum absolute atomic E-state index is 0.467. The predicted octanol–water partition coefficient (Wildman–Crippen LogP) is 3.81. The van der Waals surface area contributed by atoms with E-state index in [9.17, 15) is 4.79 Å². The number of amides is 1. The van der Waals surface area contributed by atoms with E-state index in [1.807, 2.05) is 41.0 Å². The number of carbonyl (C=O) groups excluding carboxylic acids is 1. The number of morpholine rings is 1. The topological polar surface area (TPSA) is 98.3 Å². The van der Waals surface area contributed by atoms with Gasteiger partial charge in [-0.15, -0.1) is 0 Å². The molecular weight excluding hydrogens is 428 g/mol. The second kappa shape index (κ2) is 9.36. The summed E-state index contributed by atoms with van der Waals surface area (Å²) in [6, 6.07) is 16.2. The van der Waals surface area contributed by atoms with Gasteiger partial charge in [-0.05, 0) is 66.6 Å². The first-order valence-electron chi connectivity index (χ1n) is 11.2. The molecule has 1 aliphatic rings. The Morgan fingerprint density at radius 3 is 2.68 bits per heavy atom. The van der Waals surface area contributed by atoms with Gasteiger partial charge in [-0.1, -0.05) is 6.07 Å². The van der Waals surface area contributed by atoms with Crippen LogP contribution in [0, 0.1) is 6.92 Å². The lowest BCUT2D eigenvalue weighted by atomic mass is 10.1. The minimum Gasteiger partial charge on any atom is -0.378 e. The van der Waals surface area contributed by atoms with E-state index < -0.39 is 5.91 Å². The smallest absolute Gasteiger partial charge is 0.241 e. The van der Waals surface area contributed by atoms with Gasteiger partial charge in [0.25, 0.3) is 0 Å². The number of aryl methyl sites for hydroxylation is 1. The molecule has 8 heteroatoms. The summed E-state index contributed by atoms with van der Waals surface area (Å²) in [6.07, 6.45) is 6.88. The molecule has 1 aliphatic heterocycles. The molecule has 1 amide bonds. The van der Waals surface area contributed by atoms with Crippen molar-refractivity contribution in [2.75, 3.05) is 36.5 Å². The summed E-state index contributed by atoms with van der Waals surface area (Å²) in [6.45, 7) is 5.39. The highest BCUT2D eigenvalue weighted by Gasteiger charge is 2.12. The van der Waals surface area contributed by atoms with E-state index in [4.69, 9.17) is 15.5 Å². The number of hydrogen-bond acceptors (Lipinski definition) is 6. The first kappa shape index (κ1) is 21.7. The van der Waals surface area contributed by atoms with E-state index in [1.54, 1.807) is 12.3 Å². The molecule has 3 N–H and O–H groups in total. The van der Waals surface area contributed by atoms with Crippen LogP contribution in [0.2, 0.25) is 0 Å². The summed E-state index contributed by atoms with van der Waals surface area (Å²) in [5.41, 5.74) is 10.4. The van der Waals surface area contributed by atoms with Crippen molar-refractivity contribution in [1.82, 2.24) is 14.5 Å². The summed E-state index contributed by atoms with van der Waals surface area (Å²) in [4.78, 5) is 22.5. The van der Waals surface area contributed by atoms with Gasteiger partial charge >= 0.3 is 0 Å². The van der Waals surface area contributed by atoms with Crippen LogP contribution in [0.25, 0.3) is 22.8 Å². The summed E-state index contributed by atoms with van der Waals surface area (Å²) >= 11 is 0. The first-order chi connectivity index (χ1) is 16.6. The SMILES string of the molecule is Cc1cn(-c2ccnc(Nc3ccc(N4CCOCC4)cc3)n2)c2ccc(C=CC(N)=O)cc12. The molecule has 3 heterocycles. The highest BCUT2D eigenvalue weighted by molar-refractivity contribution is 5.92. The van der Waals surface area contributed by atoms with Crippen LogP contribution >= 0.6 is 0 Å². The molecule has 0 bridgehead atoms. The maximum Gasteiger partial charge on any atom is 0.241 e. The molecule has 8 nitrogen and oxygen atoms in total. The van der Waals surface area contributed by atoms with Crippen molar-refractivity contribution in [1.29, 1.82) is 0 Å². The summed E-state index contributed by atoms with van der Waals surface area (Å²) in [7, 11) is 0. The Hall–Kier alpha value is -4.17. The van der Waals surface area contributed by atoms with Crippen molar-refractivity contribution >= 4 is 40.2 Å². The molecule has 1 saturated heterocycles. The molecule has 2 aromatic carbocycles. The maximum atomic E-state index is 11.0. The molecule has 1 fully saturated rings. The van der Waals surface area contributed by atoms with E-state index in [-0.39, 0.29) is 0 Å². The van der Waals surface area contributed by atoms with Gasteiger partial charge in [-0.25, -0.2) is 4.98 Å². The third-order valence-corrected chi connectivity index (χ3v) is 5.86. The van der Waals surface area contributed by atoms with Crippen LogP contribution in [-0.4, -0.2) is 46.7 Å². The van der Waals surface area contributed by atoms with Crippen molar-refractivity contribution < 1.29 is 9.53 Å². The highest BCUT2D eigenvalue weighted by Crippen LogP contribution is 2.26. The molecule has 0 saturated carbocycles. The third-order valence-electron chi connectivity index (χ3n) is 5.86. The van der Waals surface area contributed by atoms with E-state index in [1.165, 1.54) is 11.8 Å². The number of nitrogens with two attached hydrogens (primary N) is 1. The standard InChI is InChI=1S/C26H26N6O2/c1-18-17-32(23-8-2-19(16-22(18)23)3-9-24(27)33)25-10-11-28-26(30-25)29-20-4-6-21(7-5-20)31-12-14-34-15-13-31/h2-11,16-17H,12-15H2,1H3,(H2,27,33)(H,28,29,30). The van der Waals surface area contributed by atoms with E-state index in [2.05, 4.69) is 40.5 Å². The second-order valence-electron chi connectivity index (χ2n) is 8.20. The molecule has 0 radical (unpaired) electrons. The number of hydrogen-bond donors (Lipinski definition) is 2. The van der Waals surface area contributed by atoms with Crippen LogP contribution in [0.1, 0.15) is 11.1 Å². The molecule has 0 atom stereocenters. The van der Waals surface area contributed by atoms with Gasteiger partial charge < -0.3 is 25.3 Å². The zero-order valence-electron chi connectivity index (χ0n) is 18.9. The van der Waals surface area contributed by atoms with Crippen LogP contribution in [-0.2, 0) is 9.53 Å². The number of nitrogens with one attached hydrogen (secondary N) is 1. The molecule has 5 rings (SSSR count). The molecular formula is C26H26N6O2. The first-order valence-corrected chi connectivity index (χ1v) is 11.2. The second-order valence-corrected chi connectivity index (χ2v) is 8.20. The molecule has 172 valence electrons. The van der Waals surface area contributed by atoms with Gasteiger partial charge in [0, 0.05) is 48.3 Å². The van der Waals surface area contributed by atoms with Crippen molar-refractivity contribution in [3.63, 3.8) is 0 Å². The number of nitrogens with zero attached hydrogens (tertiary/aromatic N) is 4. The van der Waals surface area contributed by atoms with Crippen LogP contribution in [0.4, 0.5) is 17.3 Å². The lowest BCUT2D eigenvalue weighted by Gasteiger charge is -2.28. The number of aromatic nitrogens is 3.